The molecule has 0 fully saturated rings. The highest BCUT2D eigenvalue weighted by molar-refractivity contribution is 5.97. The van der Waals surface area contributed by atoms with Crippen LogP contribution in [0.4, 0.5) is 0 Å². The van der Waals surface area contributed by atoms with E-state index in [0.29, 0.717) is 11.1 Å². The molecule has 2 aromatic rings. The number of carbonyl (C=O) groups excluding carboxylic acids is 1. The number of nitrogens with one attached hydrogen (secondary N) is 1. The molecule has 2 unspecified atom stereocenters. The monoisotopic (exact) mass is 304 g/mol. The summed E-state index contributed by atoms with van der Waals surface area (Å²) >= 11 is 0. The molecule has 0 saturated heterocycles. The van der Waals surface area contributed by atoms with Gasteiger partial charge >= 0.3 is 0 Å². The maximum absolute atomic E-state index is 12.2. The number of amides is 1. The van der Waals surface area contributed by atoms with Gasteiger partial charge in [-0.25, -0.2) is 4.68 Å². The molecule has 0 saturated carbocycles. The first-order valence-electron chi connectivity index (χ1n) is 7.72. The number of carbonyl (C=O) groups is 1. The summed E-state index contributed by atoms with van der Waals surface area (Å²) in [7, 11) is 0. The van der Waals surface area contributed by atoms with Crippen molar-refractivity contribution in [2.24, 2.45) is 5.92 Å². The lowest BCUT2D eigenvalue weighted by atomic mass is 9.88. The second kappa shape index (κ2) is 6.44. The molecule has 0 aliphatic rings. The number of aromatic nitrogens is 3. The van der Waals surface area contributed by atoms with E-state index in [4.69, 9.17) is 0 Å². The minimum absolute atomic E-state index is 0.111. The van der Waals surface area contributed by atoms with Crippen LogP contribution in [0, 0.1) is 5.92 Å². The number of aryl methyl sites for hydroxylation is 1. The SMILES string of the molecule is CCC(C)C(C)(O)CNC(=O)c1ccc2c(c1)nnn2CC. The molecule has 0 aliphatic carbocycles. The van der Waals surface area contributed by atoms with E-state index in [1.807, 2.05) is 26.8 Å². The molecule has 1 amide bonds. The number of aliphatic hydroxyl groups is 1. The maximum Gasteiger partial charge on any atom is 0.251 e. The van der Waals surface area contributed by atoms with Crippen LogP contribution >= 0.6 is 0 Å². The largest absolute Gasteiger partial charge is 0.388 e. The second-order valence-electron chi connectivity index (χ2n) is 5.96. The average Bonchev–Trinajstić information content (AvgIpc) is 2.93. The maximum atomic E-state index is 12.2. The van der Waals surface area contributed by atoms with Crippen LogP contribution in [-0.4, -0.2) is 38.2 Å². The molecule has 2 N–H and O–H groups in total. The van der Waals surface area contributed by atoms with Crippen molar-refractivity contribution in [1.29, 1.82) is 0 Å². The lowest BCUT2D eigenvalue weighted by molar-refractivity contribution is 0.00593. The van der Waals surface area contributed by atoms with Crippen molar-refractivity contribution in [3.63, 3.8) is 0 Å². The van der Waals surface area contributed by atoms with Crippen LogP contribution in [0.3, 0.4) is 0 Å². The molecule has 1 heterocycles. The Kier molecular flexibility index (Phi) is 4.81. The minimum Gasteiger partial charge on any atom is -0.388 e. The number of hydrogen-bond donors (Lipinski definition) is 2. The van der Waals surface area contributed by atoms with Gasteiger partial charge in [0.05, 0.1) is 11.1 Å². The summed E-state index contributed by atoms with van der Waals surface area (Å²) in [5.41, 5.74) is 1.21. The van der Waals surface area contributed by atoms with Gasteiger partial charge in [0.1, 0.15) is 5.52 Å². The Bertz CT molecular complexity index is 663. The van der Waals surface area contributed by atoms with E-state index in [1.54, 1.807) is 23.7 Å². The molecule has 6 heteroatoms. The molecule has 1 aromatic carbocycles. The molecule has 0 radical (unpaired) electrons. The topological polar surface area (TPSA) is 80.0 Å². The van der Waals surface area contributed by atoms with E-state index in [2.05, 4.69) is 15.6 Å². The lowest BCUT2D eigenvalue weighted by Crippen LogP contribution is -2.45. The van der Waals surface area contributed by atoms with Crippen LogP contribution in [0.25, 0.3) is 11.0 Å². The van der Waals surface area contributed by atoms with Gasteiger partial charge in [0.2, 0.25) is 0 Å². The van der Waals surface area contributed by atoms with Crippen LogP contribution in [0.15, 0.2) is 18.2 Å². The molecular weight excluding hydrogens is 280 g/mol. The number of rotatable bonds is 6. The molecule has 6 nitrogen and oxygen atoms in total. The third-order valence-corrected chi connectivity index (χ3v) is 4.36. The summed E-state index contributed by atoms with van der Waals surface area (Å²) in [6, 6.07) is 5.33. The van der Waals surface area contributed by atoms with Crippen molar-refractivity contribution in [3.8, 4) is 0 Å². The first-order chi connectivity index (χ1) is 10.4. The third-order valence-electron chi connectivity index (χ3n) is 4.36. The summed E-state index contributed by atoms with van der Waals surface area (Å²) < 4.78 is 1.78. The Balaban J connectivity index is 2.10. The predicted molar refractivity (Wildman–Crippen MR) is 85.6 cm³/mol. The van der Waals surface area contributed by atoms with E-state index in [1.165, 1.54) is 0 Å². The van der Waals surface area contributed by atoms with Crippen LogP contribution in [0.2, 0.25) is 0 Å². The van der Waals surface area contributed by atoms with Crippen molar-refractivity contribution in [3.05, 3.63) is 23.8 Å². The van der Waals surface area contributed by atoms with Gasteiger partial charge in [-0.05, 0) is 38.0 Å². The highest BCUT2D eigenvalue weighted by atomic mass is 16.3. The first-order valence-corrected chi connectivity index (χ1v) is 7.72. The molecule has 1 aromatic heterocycles. The Morgan fingerprint density at radius 1 is 1.45 bits per heavy atom. The van der Waals surface area contributed by atoms with Crippen molar-refractivity contribution < 1.29 is 9.90 Å². The van der Waals surface area contributed by atoms with Gasteiger partial charge in [-0.2, -0.15) is 0 Å². The first kappa shape index (κ1) is 16.4. The zero-order valence-electron chi connectivity index (χ0n) is 13.6. The second-order valence-corrected chi connectivity index (χ2v) is 5.96. The highest BCUT2D eigenvalue weighted by Gasteiger charge is 2.27. The fourth-order valence-corrected chi connectivity index (χ4v) is 2.32. The Hall–Kier alpha value is -1.95. The van der Waals surface area contributed by atoms with Crippen LogP contribution in [0.5, 0.6) is 0 Å². The summed E-state index contributed by atoms with van der Waals surface area (Å²) in [6.45, 7) is 8.69. The minimum atomic E-state index is -0.917. The van der Waals surface area contributed by atoms with Gasteiger partial charge in [-0.3, -0.25) is 4.79 Å². The Labute approximate surface area is 130 Å². The highest BCUT2D eigenvalue weighted by Crippen LogP contribution is 2.19. The fraction of sp³-hybridized carbons (Fsp3) is 0.562. The predicted octanol–water partition coefficient (Wildman–Crippen LogP) is 1.98. The van der Waals surface area contributed by atoms with E-state index >= 15 is 0 Å². The lowest BCUT2D eigenvalue weighted by Gasteiger charge is -2.29. The quantitative estimate of drug-likeness (QED) is 0.855. The molecule has 0 aliphatic heterocycles. The normalized spacial score (nSPS) is 15.5. The number of nitrogens with zero attached hydrogens (tertiary/aromatic N) is 3. The molecular formula is C16H24N4O2. The van der Waals surface area contributed by atoms with Crippen molar-refractivity contribution >= 4 is 16.9 Å². The number of fused-ring (bicyclic) bond motifs is 1. The molecule has 0 bridgehead atoms. The summed E-state index contributed by atoms with van der Waals surface area (Å²) in [5.74, 6) is -0.101. The standard InChI is InChI=1S/C16H24N4O2/c1-5-11(3)16(4,22)10-17-15(21)12-7-8-14-13(9-12)18-19-20(14)6-2/h7-9,11,22H,5-6,10H2,1-4H3,(H,17,21). The zero-order chi connectivity index (χ0) is 16.3. The molecule has 22 heavy (non-hydrogen) atoms. The van der Waals surface area contributed by atoms with E-state index in [9.17, 15) is 9.90 Å². The Morgan fingerprint density at radius 3 is 2.82 bits per heavy atom. The van der Waals surface area contributed by atoms with Crippen LogP contribution in [-0.2, 0) is 6.54 Å². The van der Waals surface area contributed by atoms with Gasteiger partial charge in [-0.1, -0.05) is 25.5 Å². The summed E-state index contributed by atoms with van der Waals surface area (Å²) in [6.07, 6.45) is 0.856. The molecule has 2 atom stereocenters. The molecule has 2 rings (SSSR count). The van der Waals surface area contributed by atoms with Crippen molar-refractivity contribution in [1.82, 2.24) is 20.3 Å². The van der Waals surface area contributed by atoms with Crippen LogP contribution < -0.4 is 5.32 Å². The van der Waals surface area contributed by atoms with Gasteiger partial charge < -0.3 is 10.4 Å². The van der Waals surface area contributed by atoms with Crippen molar-refractivity contribution in [2.45, 2.75) is 46.3 Å². The molecule has 120 valence electrons. The summed E-state index contributed by atoms with van der Waals surface area (Å²) in [4.78, 5) is 12.2. The van der Waals surface area contributed by atoms with E-state index < -0.39 is 5.60 Å². The zero-order valence-corrected chi connectivity index (χ0v) is 13.6. The van der Waals surface area contributed by atoms with Gasteiger partial charge in [0.15, 0.2) is 0 Å². The van der Waals surface area contributed by atoms with Crippen molar-refractivity contribution in [2.75, 3.05) is 6.54 Å². The van der Waals surface area contributed by atoms with Gasteiger partial charge in [0.25, 0.3) is 5.91 Å². The van der Waals surface area contributed by atoms with Crippen LogP contribution in [0.1, 0.15) is 44.5 Å². The third kappa shape index (κ3) is 3.27. The number of benzene rings is 1. The fourth-order valence-electron chi connectivity index (χ4n) is 2.32. The van der Waals surface area contributed by atoms with Gasteiger partial charge in [0, 0.05) is 18.7 Å². The molecule has 0 spiro atoms. The van der Waals surface area contributed by atoms with Gasteiger partial charge in [-0.15, -0.1) is 5.10 Å². The average molecular weight is 304 g/mol. The smallest absolute Gasteiger partial charge is 0.251 e. The number of hydrogen-bond acceptors (Lipinski definition) is 4. The van der Waals surface area contributed by atoms with E-state index in [0.717, 1.165) is 18.5 Å². The Morgan fingerprint density at radius 2 is 2.18 bits per heavy atom. The van der Waals surface area contributed by atoms with E-state index in [-0.39, 0.29) is 18.4 Å². The summed E-state index contributed by atoms with van der Waals surface area (Å²) in [5, 5.41) is 21.2.